The van der Waals surface area contributed by atoms with Gasteiger partial charge in [0.2, 0.25) is 0 Å². The van der Waals surface area contributed by atoms with Gasteiger partial charge >= 0.3 is 0 Å². The maximum Gasteiger partial charge on any atom is 0.254 e. The Morgan fingerprint density at radius 1 is 1.12 bits per heavy atom. The zero-order valence-corrected chi connectivity index (χ0v) is 14.6. The molecule has 0 saturated carbocycles. The highest BCUT2D eigenvalue weighted by molar-refractivity contribution is 5.94. The highest BCUT2D eigenvalue weighted by Crippen LogP contribution is 2.28. The van der Waals surface area contributed by atoms with Gasteiger partial charge in [-0.2, -0.15) is 0 Å². The fraction of sp³-hybridized carbons (Fsp3) is 0.368. The summed E-state index contributed by atoms with van der Waals surface area (Å²) in [5.74, 6) is 0.784. The van der Waals surface area contributed by atoms with Gasteiger partial charge in [0.25, 0.3) is 11.5 Å². The lowest BCUT2D eigenvalue weighted by atomic mass is 10.2. The summed E-state index contributed by atoms with van der Waals surface area (Å²) in [5.41, 5.74) is 1.34. The largest absolute Gasteiger partial charge is 0.492 e. The van der Waals surface area contributed by atoms with Gasteiger partial charge in [0, 0.05) is 51.1 Å². The van der Waals surface area contributed by atoms with Crippen LogP contribution in [0.25, 0.3) is 0 Å². The van der Waals surface area contributed by atoms with E-state index in [4.69, 9.17) is 4.74 Å². The van der Waals surface area contributed by atoms with Gasteiger partial charge in [-0.25, -0.2) is 0 Å². The molecule has 2 heterocycles. The van der Waals surface area contributed by atoms with E-state index >= 15 is 0 Å². The van der Waals surface area contributed by atoms with Crippen molar-refractivity contribution in [3.05, 3.63) is 58.5 Å². The topological polar surface area (TPSA) is 54.8 Å². The summed E-state index contributed by atoms with van der Waals surface area (Å²) in [7, 11) is 1.67. The zero-order valence-electron chi connectivity index (χ0n) is 14.6. The predicted molar refractivity (Wildman–Crippen MR) is 97.4 cm³/mol. The number of rotatable bonds is 4. The predicted octanol–water partition coefficient (Wildman–Crippen LogP) is 1.75. The third-order valence-electron chi connectivity index (χ3n) is 4.42. The first kappa shape index (κ1) is 17.1. The number of ether oxygens (including phenoxy) is 1. The lowest BCUT2D eigenvalue weighted by molar-refractivity contribution is 0.0746. The molecule has 1 aromatic heterocycles. The Hall–Kier alpha value is -2.76. The average molecular weight is 341 g/mol. The van der Waals surface area contributed by atoms with Crippen LogP contribution < -0.4 is 15.2 Å². The molecule has 1 amide bonds. The van der Waals surface area contributed by atoms with Crippen LogP contribution in [0.1, 0.15) is 17.3 Å². The number of anilines is 1. The van der Waals surface area contributed by atoms with Crippen LogP contribution in [0.4, 0.5) is 5.69 Å². The molecule has 2 aromatic rings. The van der Waals surface area contributed by atoms with Crippen molar-refractivity contribution in [1.82, 2.24) is 9.47 Å². The third-order valence-corrected chi connectivity index (χ3v) is 4.42. The van der Waals surface area contributed by atoms with Crippen molar-refractivity contribution >= 4 is 11.6 Å². The molecular weight excluding hydrogens is 318 g/mol. The van der Waals surface area contributed by atoms with Crippen molar-refractivity contribution in [1.29, 1.82) is 0 Å². The Labute approximate surface area is 147 Å². The Kier molecular flexibility index (Phi) is 5.07. The summed E-state index contributed by atoms with van der Waals surface area (Å²) in [6.45, 7) is 5.31. The minimum absolute atomic E-state index is 0.0876. The Bertz CT molecular complexity index is 808. The molecule has 0 N–H and O–H groups in total. The lowest BCUT2D eigenvalue weighted by Crippen LogP contribution is -2.49. The summed E-state index contributed by atoms with van der Waals surface area (Å²) in [4.78, 5) is 28.4. The van der Waals surface area contributed by atoms with Gasteiger partial charge in [0.05, 0.1) is 12.3 Å². The van der Waals surface area contributed by atoms with Gasteiger partial charge in [0.15, 0.2) is 0 Å². The molecule has 1 aliphatic rings. The molecular formula is C19H23N3O3. The quantitative estimate of drug-likeness (QED) is 0.850. The standard InChI is InChI=1S/C19H23N3O3/c1-3-25-17-7-5-4-6-16(17)21-10-12-22(13-11-21)19(24)15-8-9-20(2)18(23)14-15/h4-9,14H,3,10-13H2,1-2H3. The smallest absolute Gasteiger partial charge is 0.254 e. The number of aryl methyl sites for hydroxylation is 1. The Morgan fingerprint density at radius 3 is 2.52 bits per heavy atom. The number of hydrogen-bond acceptors (Lipinski definition) is 4. The lowest BCUT2D eigenvalue weighted by Gasteiger charge is -2.36. The second kappa shape index (κ2) is 7.42. The first-order valence-electron chi connectivity index (χ1n) is 8.53. The number of carbonyl (C=O) groups excluding carboxylic acids is 1. The molecule has 0 unspecified atom stereocenters. The Morgan fingerprint density at radius 2 is 1.84 bits per heavy atom. The molecule has 0 bridgehead atoms. The minimum Gasteiger partial charge on any atom is -0.492 e. The third kappa shape index (κ3) is 3.68. The van der Waals surface area contributed by atoms with Crippen LogP contribution in [0.5, 0.6) is 5.75 Å². The van der Waals surface area contributed by atoms with E-state index in [1.54, 1.807) is 24.2 Å². The molecule has 132 valence electrons. The van der Waals surface area contributed by atoms with Crippen LogP contribution in [0, 0.1) is 0 Å². The number of benzene rings is 1. The molecule has 6 heteroatoms. The van der Waals surface area contributed by atoms with Crippen molar-refractivity contribution < 1.29 is 9.53 Å². The van der Waals surface area contributed by atoms with Crippen molar-refractivity contribution in [2.75, 3.05) is 37.7 Å². The fourth-order valence-electron chi connectivity index (χ4n) is 3.01. The Balaban J connectivity index is 1.68. The van der Waals surface area contributed by atoms with Crippen LogP contribution in [0.3, 0.4) is 0 Å². The molecule has 1 fully saturated rings. The summed E-state index contributed by atoms with van der Waals surface area (Å²) in [6.07, 6.45) is 1.63. The molecule has 6 nitrogen and oxygen atoms in total. The molecule has 0 aliphatic carbocycles. The van der Waals surface area contributed by atoms with E-state index < -0.39 is 0 Å². The average Bonchev–Trinajstić information content (AvgIpc) is 2.64. The maximum atomic E-state index is 12.6. The number of para-hydroxylation sites is 2. The summed E-state index contributed by atoms with van der Waals surface area (Å²) < 4.78 is 7.16. The number of hydrogen-bond donors (Lipinski definition) is 0. The summed E-state index contributed by atoms with van der Waals surface area (Å²) >= 11 is 0. The van der Waals surface area contributed by atoms with Crippen LogP contribution in [-0.4, -0.2) is 48.2 Å². The highest BCUT2D eigenvalue weighted by atomic mass is 16.5. The SMILES string of the molecule is CCOc1ccccc1N1CCN(C(=O)c2ccn(C)c(=O)c2)CC1. The number of amides is 1. The van der Waals surface area contributed by atoms with Crippen molar-refractivity contribution in [2.45, 2.75) is 6.92 Å². The number of carbonyl (C=O) groups is 1. The van der Waals surface area contributed by atoms with Crippen molar-refractivity contribution in [3.8, 4) is 5.75 Å². The van der Waals surface area contributed by atoms with Crippen LogP contribution in [0.2, 0.25) is 0 Å². The van der Waals surface area contributed by atoms with Crippen LogP contribution in [-0.2, 0) is 7.05 Å². The minimum atomic E-state index is -0.171. The first-order valence-corrected chi connectivity index (χ1v) is 8.53. The molecule has 0 atom stereocenters. The normalized spacial score (nSPS) is 14.5. The van der Waals surface area contributed by atoms with Crippen LogP contribution >= 0.6 is 0 Å². The highest BCUT2D eigenvalue weighted by Gasteiger charge is 2.24. The molecule has 3 rings (SSSR count). The van der Waals surface area contributed by atoms with E-state index in [9.17, 15) is 9.59 Å². The van der Waals surface area contributed by atoms with Crippen molar-refractivity contribution in [3.63, 3.8) is 0 Å². The van der Waals surface area contributed by atoms with Gasteiger partial charge in [-0.15, -0.1) is 0 Å². The number of nitrogens with zero attached hydrogens (tertiary/aromatic N) is 3. The molecule has 1 aliphatic heterocycles. The van der Waals surface area contributed by atoms with E-state index in [1.807, 2.05) is 31.2 Å². The van der Waals surface area contributed by atoms with E-state index in [1.165, 1.54) is 10.6 Å². The van der Waals surface area contributed by atoms with Gasteiger partial charge in [-0.1, -0.05) is 12.1 Å². The molecule has 25 heavy (non-hydrogen) atoms. The molecule has 0 spiro atoms. The molecule has 1 aromatic carbocycles. The monoisotopic (exact) mass is 341 g/mol. The molecule has 1 saturated heterocycles. The van der Waals surface area contributed by atoms with E-state index in [0.29, 0.717) is 25.3 Å². The second-order valence-electron chi connectivity index (χ2n) is 6.04. The zero-order chi connectivity index (χ0) is 17.8. The van der Waals surface area contributed by atoms with Gasteiger partial charge in [-0.05, 0) is 25.1 Å². The second-order valence-corrected chi connectivity index (χ2v) is 6.04. The summed E-state index contributed by atoms with van der Waals surface area (Å²) in [5, 5.41) is 0. The van der Waals surface area contributed by atoms with Crippen LogP contribution in [0.15, 0.2) is 47.4 Å². The number of aromatic nitrogens is 1. The first-order chi connectivity index (χ1) is 12.1. The summed E-state index contributed by atoms with van der Waals surface area (Å²) in [6, 6.07) is 11.1. The number of piperazine rings is 1. The van der Waals surface area contributed by atoms with E-state index in [0.717, 1.165) is 24.5 Å². The maximum absolute atomic E-state index is 12.6. The van der Waals surface area contributed by atoms with Crippen molar-refractivity contribution in [2.24, 2.45) is 7.05 Å². The molecule has 0 radical (unpaired) electrons. The van der Waals surface area contributed by atoms with Gasteiger partial charge < -0.3 is 19.1 Å². The van der Waals surface area contributed by atoms with Gasteiger partial charge in [-0.3, -0.25) is 9.59 Å². The number of pyridine rings is 1. The fourth-order valence-corrected chi connectivity index (χ4v) is 3.01. The van der Waals surface area contributed by atoms with Gasteiger partial charge in [0.1, 0.15) is 5.75 Å². The van der Waals surface area contributed by atoms with E-state index in [-0.39, 0.29) is 11.5 Å². The van der Waals surface area contributed by atoms with E-state index in [2.05, 4.69) is 4.90 Å².